The average Bonchev–Trinajstić information content (AvgIpc) is 2.83. The lowest BCUT2D eigenvalue weighted by molar-refractivity contribution is -0.384. The van der Waals surface area contributed by atoms with Gasteiger partial charge < -0.3 is 9.73 Å². The van der Waals surface area contributed by atoms with E-state index in [-0.39, 0.29) is 11.7 Å². The molecule has 5 heteroatoms. The Labute approximate surface area is 111 Å². The van der Waals surface area contributed by atoms with Crippen LogP contribution in [0.3, 0.4) is 0 Å². The van der Waals surface area contributed by atoms with E-state index in [1.165, 1.54) is 12.1 Å². The topological polar surface area (TPSA) is 68.3 Å². The van der Waals surface area contributed by atoms with Gasteiger partial charge in [0.15, 0.2) is 0 Å². The minimum atomic E-state index is -0.393. The standard InChI is InChI=1S/C14H16N2O3/c1-10-7-8-19-14(10)13(15-2)9-11-3-5-12(6-4-11)16(17)18/h3-8,13,15H,9H2,1-2H3. The van der Waals surface area contributed by atoms with Crippen LogP contribution in [-0.4, -0.2) is 12.0 Å². The molecule has 1 atom stereocenters. The third kappa shape index (κ3) is 3.00. The van der Waals surface area contributed by atoms with Crippen LogP contribution in [0.15, 0.2) is 41.0 Å². The van der Waals surface area contributed by atoms with Crippen LogP contribution in [-0.2, 0) is 6.42 Å². The van der Waals surface area contributed by atoms with Crippen molar-refractivity contribution in [2.45, 2.75) is 19.4 Å². The number of nitro benzene ring substituents is 1. The normalized spacial score (nSPS) is 12.3. The van der Waals surface area contributed by atoms with Crippen LogP contribution >= 0.6 is 0 Å². The Morgan fingerprint density at radius 1 is 1.32 bits per heavy atom. The van der Waals surface area contributed by atoms with Gasteiger partial charge in [-0.2, -0.15) is 0 Å². The molecule has 5 nitrogen and oxygen atoms in total. The van der Waals surface area contributed by atoms with Gasteiger partial charge in [-0.15, -0.1) is 0 Å². The van der Waals surface area contributed by atoms with E-state index in [0.717, 1.165) is 23.3 Å². The van der Waals surface area contributed by atoms with E-state index in [4.69, 9.17) is 4.42 Å². The maximum absolute atomic E-state index is 10.6. The highest BCUT2D eigenvalue weighted by molar-refractivity contribution is 5.33. The molecule has 1 aromatic carbocycles. The van der Waals surface area contributed by atoms with Gasteiger partial charge in [-0.1, -0.05) is 12.1 Å². The molecule has 0 spiro atoms. The van der Waals surface area contributed by atoms with Gasteiger partial charge in [0.1, 0.15) is 5.76 Å². The van der Waals surface area contributed by atoms with Crippen molar-refractivity contribution < 1.29 is 9.34 Å². The van der Waals surface area contributed by atoms with Crippen molar-refractivity contribution in [2.24, 2.45) is 0 Å². The average molecular weight is 260 g/mol. The van der Waals surface area contributed by atoms with E-state index in [2.05, 4.69) is 5.32 Å². The molecule has 100 valence electrons. The van der Waals surface area contributed by atoms with Gasteiger partial charge in [-0.25, -0.2) is 0 Å². The van der Waals surface area contributed by atoms with Gasteiger partial charge in [0.25, 0.3) is 5.69 Å². The van der Waals surface area contributed by atoms with Crippen molar-refractivity contribution in [2.75, 3.05) is 7.05 Å². The zero-order chi connectivity index (χ0) is 13.8. The maximum atomic E-state index is 10.6. The number of likely N-dealkylation sites (N-methyl/N-ethyl adjacent to an activating group) is 1. The zero-order valence-electron chi connectivity index (χ0n) is 10.9. The fourth-order valence-electron chi connectivity index (χ4n) is 2.06. The molecule has 19 heavy (non-hydrogen) atoms. The lowest BCUT2D eigenvalue weighted by Crippen LogP contribution is -2.19. The van der Waals surface area contributed by atoms with E-state index in [9.17, 15) is 10.1 Å². The summed E-state index contributed by atoms with van der Waals surface area (Å²) in [6.45, 7) is 2.00. The molecule has 1 N–H and O–H groups in total. The molecule has 0 aliphatic rings. The summed E-state index contributed by atoms with van der Waals surface area (Å²) in [7, 11) is 1.87. The quantitative estimate of drug-likeness (QED) is 0.662. The summed E-state index contributed by atoms with van der Waals surface area (Å²) >= 11 is 0. The van der Waals surface area contributed by atoms with Crippen molar-refractivity contribution in [3.8, 4) is 0 Å². The predicted molar refractivity (Wildman–Crippen MR) is 72.0 cm³/mol. The number of non-ortho nitro benzene ring substituents is 1. The molecule has 0 saturated carbocycles. The molecular weight excluding hydrogens is 244 g/mol. The van der Waals surface area contributed by atoms with Crippen LogP contribution in [0.25, 0.3) is 0 Å². The van der Waals surface area contributed by atoms with Crippen LogP contribution in [0, 0.1) is 17.0 Å². The molecule has 1 unspecified atom stereocenters. The van der Waals surface area contributed by atoms with E-state index in [0.29, 0.717) is 0 Å². The van der Waals surface area contributed by atoms with Crippen LogP contribution < -0.4 is 5.32 Å². The van der Waals surface area contributed by atoms with Gasteiger partial charge in [0, 0.05) is 12.1 Å². The molecule has 1 aromatic heterocycles. The Hall–Kier alpha value is -2.14. The largest absolute Gasteiger partial charge is 0.467 e. The van der Waals surface area contributed by atoms with Crippen LogP contribution in [0.4, 0.5) is 5.69 Å². The number of hydrogen-bond donors (Lipinski definition) is 1. The van der Waals surface area contributed by atoms with Crippen molar-refractivity contribution >= 4 is 5.69 Å². The molecule has 0 saturated heterocycles. The molecule has 1 heterocycles. The SMILES string of the molecule is CNC(Cc1ccc([N+](=O)[O-])cc1)c1occc1C. The Bertz CT molecular complexity index is 560. The number of benzene rings is 1. The van der Waals surface area contributed by atoms with Gasteiger partial charge in [0.05, 0.1) is 17.2 Å². The smallest absolute Gasteiger partial charge is 0.269 e. The third-order valence-corrected chi connectivity index (χ3v) is 3.15. The van der Waals surface area contributed by atoms with E-state index < -0.39 is 4.92 Å². The molecule has 0 radical (unpaired) electrons. The first kappa shape index (κ1) is 13.3. The molecule has 0 aliphatic heterocycles. The minimum Gasteiger partial charge on any atom is -0.467 e. The first-order chi connectivity index (χ1) is 9.11. The summed E-state index contributed by atoms with van der Waals surface area (Å²) < 4.78 is 5.48. The lowest BCUT2D eigenvalue weighted by atomic mass is 10.0. The summed E-state index contributed by atoms with van der Waals surface area (Å²) in [5, 5.41) is 13.8. The van der Waals surface area contributed by atoms with Crippen LogP contribution in [0.2, 0.25) is 0 Å². The second-order valence-corrected chi connectivity index (χ2v) is 4.44. The zero-order valence-corrected chi connectivity index (χ0v) is 10.9. The minimum absolute atomic E-state index is 0.0662. The number of nitrogens with one attached hydrogen (secondary N) is 1. The number of nitro groups is 1. The van der Waals surface area contributed by atoms with Gasteiger partial charge in [-0.05, 0) is 37.6 Å². The highest BCUT2D eigenvalue weighted by atomic mass is 16.6. The van der Waals surface area contributed by atoms with Gasteiger partial charge >= 0.3 is 0 Å². The highest BCUT2D eigenvalue weighted by Crippen LogP contribution is 2.23. The lowest BCUT2D eigenvalue weighted by Gasteiger charge is -2.14. The van der Waals surface area contributed by atoms with Crippen molar-refractivity contribution in [1.29, 1.82) is 0 Å². The molecule has 2 aromatic rings. The second kappa shape index (κ2) is 5.67. The summed E-state index contributed by atoms with van der Waals surface area (Å²) in [6.07, 6.45) is 2.40. The molecule has 0 fully saturated rings. The first-order valence-electron chi connectivity index (χ1n) is 6.06. The van der Waals surface area contributed by atoms with Gasteiger partial charge in [-0.3, -0.25) is 10.1 Å². The number of furan rings is 1. The molecule has 2 rings (SSSR count). The van der Waals surface area contributed by atoms with E-state index >= 15 is 0 Å². The van der Waals surface area contributed by atoms with E-state index in [1.54, 1.807) is 18.4 Å². The fraction of sp³-hybridized carbons (Fsp3) is 0.286. The van der Waals surface area contributed by atoms with Crippen molar-refractivity contribution in [1.82, 2.24) is 5.32 Å². The monoisotopic (exact) mass is 260 g/mol. The molecule has 0 aliphatic carbocycles. The van der Waals surface area contributed by atoms with E-state index in [1.807, 2.05) is 20.0 Å². The van der Waals surface area contributed by atoms with Crippen molar-refractivity contribution in [3.63, 3.8) is 0 Å². The highest BCUT2D eigenvalue weighted by Gasteiger charge is 2.16. The molecule has 0 bridgehead atoms. The second-order valence-electron chi connectivity index (χ2n) is 4.44. The summed E-state index contributed by atoms with van der Waals surface area (Å²) in [6, 6.07) is 8.60. The number of aryl methyl sites for hydroxylation is 1. The number of hydrogen-bond acceptors (Lipinski definition) is 4. The maximum Gasteiger partial charge on any atom is 0.269 e. The number of rotatable bonds is 5. The van der Waals surface area contributed by atoms with Crippen molar-refractivity contribution in [3.05, 3.63) is 63.6 Å². The number of nitrogens with zero attached hydrogens (tertiary/aromatic N) is 1. The van der Waals surface area contributed by atoms with Crippen LogP contribution in [0.1, 0.15) is 22.9 Å². The Balaban J connectivity index is 2.15. The predicted octanol–water partition coefficient (Wildman–Crippen LogP) is 3.00. The molecule has 0 amide bonds. The Kier molecular flexibility index (Phi) is 3.97. The fourth-order valence-corrected chi connectivity index (χ4v) is 2.06. The molecular formula is C14H16N2O3. The first-order valence-corrected chi connectivity index (χ1v) is 6.06. The summed E-state index contributed by atoms with van der Waals surface area (Å²) in [5.74, 6) is 0.904. The Morgan fingerprint density at radius 2 is 2.00 bits per heavy atom. The summed E-state index contributed by atoms with van der Waals surface area (Å²) in [5.41, 5.74) is 2.24. The Morgan fingerprint density at radius 3 is 2.47 bits per heavy atom. The summed E-state index contributed by atoms with van der Waals surface area (Å²) in [4.78, 5) is 10.2. The van der Waals surface area contributed by atoms with Gasteiger partial charge in [0.2, 0.25) is 0 Å². The van der Waals surface area contributed by atoms with Crippen LogP contribution in [0.5, 0.6) is 0 Å². The third-order valence-electron chi connectivity index (χ3n) is 3.15.